The zero-order chi connectivity index (χ0) is 34.6. The number of alkyl halides is 2. The largest absolute Gasteiger partial charge is 0.619 e. The molecule has 1 aromatic heterocycles. The van der Waals surface area contributed by atoms with E-state index in [0.717, 1.165) is 35.8 Å². The topological polar surface area (TPSA) is 144 Å². The average Bonchev–Trinajstić information content (AvgIpc) is 3.56. The van der Waals surface area contributed by atoms with E-state index >= 15 is 8.78 Å². The van der Waals surface area contributed by atoms with Gasteiger partial charge in [-0.1, -0.05) is 89.3 Å². The first kappa shape index (κ1) is 38.1. The molecule has 11 nitrogen and oxygen atoms in total. The number of aromatic nitrogens is 2. The van der Waals surface area contributed by atoms with Crippen molar-refractivity contribution in [2.75, 3.05) is 25.6 Å². The van der Waals surface area contributed by atoms with Gasteiger partial charge in [0.1, 0.15) is 31.2 Å². The Morgan fingerprint density at radius 2 is 1.85 bits per heavy atom. The number of ether oxygens (including phenoxy) is 2. The fourth-order valence-corrected chi connectivity index (χ4v) is 7.42. The Morgan fingerprint density at radius 3 is 2.52 bits per heavy atom. The van der Waals surface area contributed by atoms with Crippen LogP contribution in [0.3, 0.4) is 0 Å². The minimum absolute atomic E-state index is 0.0139. The molecule has 0 radical (unpaired) electrons. The van der Waals surface area contributed by atoms with Crippen molar-refractivity contribution in [3.8, 4) is 5.75 Å². The maximum atomic E-state index is 16.4. The van der Waals surface area contributed by atoms with Gasteiger partial charge in [0.2, 0.25) is 0 Å². The molecule has 2 aliphatic heterocycles. The summed E-state index contributed by atoms with van der Waals surface area (Å²) in [6.07, 6.45) is 10.3. The number of para-hydroxylation sites is 1. The Morgan fingerprint density at radius 1 is 1.15 bits per heavy atom. The Bertz CT molecular complexity index is 1380. The number of nitrogen functional groups attached to an aromatic ring is 1. The summed E-state index contributed by atoms with van der Waals surface area (Å²) >= 11 is 0. The first-order valence-electron chi connectivity index (χ1n) is 17.2. The number of nitrogens with zero attached hydrogens (tertiary/aromatic N) is 2. The molecule has 268 valence electrons. The number of rotatable bonds is 20. The van der Waals surface area contributed by atoms with Crippen LogP contribution in [0.1, 0.15) is 108 Å². The number of esters is 1. The normalized spacial score (nSPS) is 20.6. The third kappa shape index (κ3) is 11.2. The Labute approximate surface area is 282 Å². The van der Waals surface area contributed by atoms with Crippen LogP contribution in [-0.4, -0.2) is 52.3 Å². The van der Waals surface area contributed by atoms with Crippen molar-refractivity contribution in [2.24, 2.45) is 5.92 Å². The molecule has 0 amide bonds. The molecule has 3 heterocycles. The van der Waals surface area contributed by atoms with E-state index in [-0.39, 0.29) is 25.5 Å². The quantitative estimate of drug-likeness (QED) is 0.0824. The molecule has 14 heteroatoms. The smallest absolute Gasteiger partial charge is 0.460 e. The van der Waals surface area contributed by atoms with Crippen LogP contribution >= 0.6 is 8.17 Å². The number of nitrogens with two attached hydrogens (primary N) is 1. The van der Waals surface area contributed by atoms with Crippen molar-refractivity contribution >= 4 is 20.0 Å². The van der Waals surface area contributed by atoms with E-state index in [1.54, 1.807) is 19.1 Å². The summed E-state index contributed by atoms with van der Waals surface area (Å²) in [6, 6.07) is 5.09. The molecular weight excluding hydrogens is 647 g/mol. The maximum absolute atomic E-state index is 16.4. The zero-order valence-corrected chi connectivity index (χ0v) is 29.0. The minimum Gasteiger partial charge on any atom is -0.460 e. The van der Waals surface area contributed by atoms with Gasteiger partial charge in [-0.25, -0.2) is 13.6 Å². The molecular formula is C34H51F2N3O8P+. The molecule has 4 atom stereocenters. The van der Waals surface area contributed by atoms with Crippen LogP contribution in [0, 0.1) is 12.8 Å². The van der Waals surface area contributed by atoms with Crippen molar-refractivity contribution < 1.29 is 41.5 Å². The number of carbonyl (C=O) groups is 1. The molecule has 0 spiro atoms. The van der Waals surface area contributed by atoms with Crippen LogP contribution in [0.25, 0.3) is 0 Å². The highest BCUT2D eigenvalue weighted by Gasteiger charge is 2.53. The van der Waals surface area contributed by atoms with Gasteiger partial charge in [-0.3, -0.25) is 13.9 Å². The van der Waals surface area contributed by atoms with Gasteiger partial charge in [-0.2, -0.15) is 9.88 Å². The van der Waals surface area contributed by atoms with Crippen molar-refractivity contribution in [3.63, 3.8) is 0 Å². The summed E-state index contributed by atoms with van der Waals surface area (Å²) in [7, 11) is -4.01. The highest BCUT2D eigenvalue weighted by molar-refractivity contribution is 7.55. The van der Waals surface area contributed by atoms with Crippen LogP contribution in [0.5, 0.6) is 5.75 Å². The van der Waals surface area contributed by atoms with Gasteiger partial charge in [-0.15, -0.1) is 9.05 Å². The predicted octanol–water partition coefficient (Wildman–Crippen LogP) is 7.26. The van der Waals surface area contributed by atoms with Crippen molar-refractivity contribution in [1.29, 1.82) is 0 Å². The monoisotopic (exact) mass is 698 g/mol. The predicted molar refractivity (Wildman–Crippen MR) is 178 cm³/mol. The third-order valence-electron chi connectivity index (χ3n) is 8.85. The molecule has 4 rings (SSSR count). The second-order valence-electron chi connectivity index (χ2n) is 12.8. The lowest BCUT2D eigenvalue weighted by Gasteiger charge is -2.31. The summed E-state index contributed by atoms with van der Waals surface area (Å²) in [4.78, 5) is 41.0. The van der Waals surface area contributed by atoms with Crippen molar-refractivity contribution in [2.45, 2.75) is 122 Å². The molecule has 0 saturated carbocycles. The first-order chi connectivity index (χ1) is 23.0. The van der Waals surface area contributed by atoms with Crippen LogP contribution in [-0.2, 0) is 29.9 Å². The number of benzene rings is 1. The highest BCUT2D eigenvalue weighted by Crippen LogP contribution is 2.62. The van der Waals surface area contributed by atoms with Crippen LogP contribution in [0.15, 0.2) is 35.3 Å². The number of hydrogen-bond donors (Lipinski definition) is 2. The maximum Gasteiger partial charge on any atom is 0.619 e. The average molecular weight is 699 g/mol. The van der Waals surface area contributed by atoms with Gasteiger partial charge in [0.05, 0.1) is 19.1 Å². The van der Waals surface area contributed by atoms with Crippen molar-refractivity contribution in [1.82, 2.24) is 9.55 Å². The van der Waals surface area contributed by atoms with Gasteiger partial charge in [-0.05, 0) is 25.0 Å². The highest BCUT2D eigenvalue weighted by atomic mass is 31.2. The van der Waals surface area contributed by atoms with Gasteiger partial charge in [0, 0.05) is 24.6 Å². The summed E-state index contributed by atoms with van der Waals surface area (Å²) in [5.74, 6) is -5.72. The molecule has 1 fully saturated rings. The second kappa shape index (κ2) is 18.3. The molecule has 3 N–H and O–H groups in total. The lowest BCUT2D eigenvalue weighted by Crippen LogP contribution is -2.41. The number of halogens is 2. The number of carbonyl (C=O) groups excluding carboxylic acids is 1. The van der Waals surface area contributed by atoms with Gasteiger partial charge < -0.3 is 15.2 Å². The molecule has 48 heavy (non-hydrogen) atoms. The fraction of sp³-hybridized carbons (Fsp3) is 0.676. The number of hydrogen-bond acceptors (Lipinski definition) is 10. The van der Waals surface area contributed by atoms with Gasteiger partial charge >= 0.3 is 19.8 Å². The van der Waals surface area contributed by atoms with Crippen LogP contribution in [0.4, 0.5) is 14.6 Å². The van der Waals surface area contributed by atoms with E-state index in [2.05, 4.69) is 11.9 Å². The van der Waals surface area contributed by atoms with E-state index in [4.69, 9.17) is 28.8 Å². The number of aryl methyl sites for hydroxylation is 1. The lowest BCUT2D eigenvalue weighted by molar-refractivity contribution is -0.161. The molecule has 4 unspecified atom stereocenters. The molecule has 2 aliphatic rings. The van der Waals surface area contributed by atoms with Gasteiger partial charge in [0.15, 0.2) is 5.75 Å². The van der Waals surface area contributed by atoms with Gasteiger partial charge in [0.25, 0.3) is 5.92 Å². The van der Waals surface area contributed by atoms with E-state index in [1.165, 1.54) is 44.4 Å². The Balaban J connectivity index is 1.46. The molecule has 0 aliphatic carbocycles. The number of fused-ring (bicyclic) bond motifs is 1. The van der Waals surface area contributed by atoms with E-state index < -0.39 is 56.8 Å². The van der Waals surface area contributed by atoms with E-state index in [0.29, 0.717) is 30.8 Å². The van der Waals surface area contributed by atoms with E-state index in [1.807, 2.05) is 6.07 Å². The summed E-state index contributed by atoms with van der Waals surface area (Å²) < 4.78 is 61.4. The molecule has 1 saturated heterocycles. The number of unbranched alkanes of at least 4 members (excludes halogenated alkanes) is 9. The lowest BCUT2D eigenvalue weighted by atomic mass is 9.92. The Kier molecular flexibility index (Phi) is 14.6. The SMILES string of the molecule is CCCCCCCCCCCCC(n1ccc(N)nc1=O)C(F)(F)CC(CO[P+]1(O)OCc2cccc(C)c2O1)C(=O)OC1CCOC1. The first-order valence-corrected chi connectivity index (χ1v) is 18.7. The Hall–Kier alpha value is -2.70. The fourth-order valence-electron chi connectivity index (χ4n) is 6.08. The number of anilines is 1. The second-order valence-corrected chi connectivity index (χ2v) is 14.4. The van der Waals surface area contributed by atoms with E-state index in [9.17, 15) is 14.5 Å². The minimum atomic E-state index is -4.01. The van der Waals surface area contributed by atoms with Crippen LogP contribution < -0.4 is 15.9 Å². The third-order valence-corrected chi connectivity index (χ3v) is 10.2. The van der Waals surface area contributed by atoms with Crippen LogP contribution in [0.2, 0.25) is 0 Å². The zero-order valence-electron chi connectivity index (χ0n) is 28.1. The molecule has 2 aromatic rings. The summed E-state index contributed by atoms with van der Waals surface area (Å²) in [5.41, 5.74) is 6.19. The van der Waals surface area contributed by atoms with Crippen molar-refractivity contribution in [3.05, 3.63) is 52.1 Å². The summed E-state index contributed by atoms with van der Waals surface area (Å²) in [5, 5.41) is 0. The molecule has 1 aromatic carbocycles. The summed E-state index contributed by atoms with van der Waals surface area (Å²) in [6.45, 7) is 3.84. The standard InChI is InChI=1S/C34H50F2N3O8P/c1-3-4-5-6-7-8-9-10-11-12-16-29(39-19-17-30(37)38-33(39)41)34(35,36)21-27(32(40)46-28-18-20-43-24-28)23-45-48(42)44-22-26-15-13-14-25(2)31(26)47-48/h13-15,17,19,27-29,42H,3-12,16,18,20-24H2,1-2H3,(H-,37,38,41)/p+1. The molecule has 0 bridgehead atoms.